The van der Waals surface area contributed by atoms with E-state index in [2.05, 4.69) is 17.1 Å². The molecule has 3 nitrogen and oxygen atoms in total. The molecule has 3 rings (SSSR count). The summed E-state index contributed by atoms with van der Waals surface area (Å²) < 4.78 is 5.73. The summed E-state index contributed by atoms with van der Waals surface area (Å²) in [7, 11) is 0. The Kier molecular flexibility index (Phi) is 3.92. The number of piperidine rings is 2. The zero-order valence-electron chi connectivity index (χ0n) is 11.8. The highest BCUT2D eigenvalue weighted by Crippen LogP contribution is 2.58. The van der Waals surface area contributed by atoms with Gasteiger partial charge in [-0.15, -0.1) is 0 Å². The van der Waals surface area contributed by atoms with Crippen molar-refractivity contribution in [1.82, 2.24) is 10.2 Å². The minimum absolute atomic E-state index is 0.540. The van der Waals surface area contributed by atoms with Gasteiger partial charge in [0.15, 0.2) is 0 Å². The topological polar surface area (TPSA) is 24.5 Å². The van der Waals surface area contributed by atoms with Crippen LogP contribution in [0.2, 0.25) is 0 Å². The van der Waals surface area contributed by atoms with Crippen LogP contribution in [-0.4, -0.2) is 50.3 Å². The average molecular weight is 252 g/mol. The Morgan fingerprint density at radius 1 is 1.22 bits per heavy atom. The van der Waals surface area contributed by atoms with E-state index in [4.69, 9.17) is 4.74 Å². The van der Waals surface area contributed by atoms with Crippen LogP contribution < -0.4 is 5.32 Å². The molecule has 18 heavy (non-hydrogen) atoms. The highest BCUT2D eigenvalue weighted by molar-refractivity contribution is 5.05. The van der Waals surface area contributed by atoms with Gasteiger partial charge in [-0.1, -0.05) is 0 Å². The van der Waals surface area contributed by atoms with E-state index < -0.39 is 0 Å². The summed E-state index contributed by atoms with van der Waals surface area (Å²) >= 11 is 0. The molecule has 2 aliphatic heterocycles. The molecular weight excluding hydrogens is 224 g/mol. The van der Waals surface area contributed by atoms with E-state index in [-0.39, 0.29) is 0 Å². The zero-order chi connectivity index (χ0) is 12.4. The molecule has 0 bridgehead atoms. The van der Waals surface area contributed by atoms with Crippen LogP contribution in [0, 0.1) is 11.3 Å². The first-order valence-electron chi connectivity index (χ1n) is 7.87. The van der Waals surface area contributed by atoms with Crippen molar-refractivity contribution in [2.75, 3.05) is 39.3 Å². The van der Waals surface area contributed by atoms with Crippen molar-refractivity contribution >= 4 is 0 Å². The summed E-state index contributed by atoms with van der Waals surface area (Å²) in [5.41, 5.74) is 0.752. The second-order valence-electron chi connectivity index (χ2n) is 6.47. The predicted octanol–water partition coefficient (Wildman–Crippen LogP) is 1.88. The first kappa shape index (κ1) is 12.9. The summed E-state index contributed by atoms with van der Waals surface area (Å²) in [5.74, 6) is 1.00. The summed E-state index contributed by atoms with van der Waals surface area (Å²) in [6.45, 7) is 9.37. The zero-order valence-corrected chi connectivity index (χ0v) is 11.8. The molecule has 0 aromatic rings. The maximum absolute atomic E-state index is 5.73. The minimum atomic E-state index is 0.540. The summed E-state index contributed by atoms with van der Waals surface area (Å²) in [4.78, 5) is 2.69. The third-order valence-corrected chi connectivity index (χ3v) is 5.37. The second kappa shape index (κ2) is 5.48. The second-order valence-corrected chi connectivity index (χ2v) is 6.47. The van der Waals surface area contributed by atoms with Gasteiger partial charge in [-0.3, -0.25) is 0 Å². The van der Waals surface area contributed by atoms with Crippen LogP contribution in [-0.2, 0) is 4.74 Å². The van der Waals surface area contributed by atoms with E-state index in [9.17, 15) is 0 Å². The third-order valence-electron chi connectivity index (χ3n) is 5.37. The van der Waals surface area contributed by atoms with Gasteiger partial charge in [0.2, 0.25) is 0 Å². The molecule has 1 saturated carbocycles. The number of hydrogen-bond donors (Lipinski definition) is 1. The molecule has 1 aliphatic carbocycles. The average Bonchev–Trinajstić information content (AvgIpc) is 3.05. The van der Waals surface area contributed by atoms with E-state index in [0.29, 0.717) is 6.10 Å². The lowest BCUT2D eigenvalue weighted by Gasteiger charge is -2.33. The molecule has 1 unspecified atom stereocenters. The number of rotatable bonds is 4. The smallest absolute Gasteiger partial charge is 0.0599 e. The van der Waals surface area contributed by atoms with E-state index in [1.807, 2.05) is 0 Å². The van der Waals surface area contributed by atoms with Crippen LogP contribution in [0.25, 0.3) is 0 Å². The summed E-state index contributed by atoms with van der Waals surface area (Å²) in [5, 5.41) is 3.49. The van der Waals surface area contributed by atoms with Gasteiger partial charge in [0.1, 0.15) is 0 Å². The number of hydrogen-bond acceptors (Lipinski definition) is 3. The SMILES string of the molecule is CCOC1CCN(CC2CC23CCNCC3)CC1. The van der Waals surface area contributed by atoms with Crippen LogP contribution in [0.1, 0.15) is 39.0 Å². The van der Waals surface area contributed by atoms with Gasteiger partial charge < -0.3 is 15.0 Å². The third kappa shape index (κ3) is 2.73. The van der Waals surface area contributed by atoms with Crippen LogP contribution in [0.5, 0.6) is 0 Å². The quantitative estimate of drug-likeness (QED) is 0.827. The normalized spacial score (nSPS) is 32.8. The van der Waals surface area contributed by atoms with Gasteiger partial charge in [-0.25, -0.2) is 0 Å². The molecule has 3 heteroatoms. The van der Waals surface area contributed by atoms with Crippen molar-refractivity contribution in [2.24, 2.45) is 11.3 Å². The molecule has 0 aromatic heterocycles. The standard InChI is InChI=1S/C15H28N2O/c1-2-18-14-3-9-17(10-4-14)12-13-11-15(13)5-7-16-8-6-15/h13-14,16H,2-12H2,1H3. The summed E-state index contributed by atoms with van der Waals surface area (Å²) in [6, 6.07) is 0. The van der Waals surface area contributed by atoms with Crippen molar-refractivity contribution in [3.05, 3.63) is 0 Å². The molecule has 0 amide bonds. The Morgan fingerprint density at radius 2 is 1.94 bits per heavy atom. The lowest BCUT2D eigenvalue weighted by atomic mass is 9.91. The van der Waals surface area contributed by atoms with Crippen LogP contribution >= 0.6 is 0 Å². The Labute approximate surface area is 111 Å². The number of nitrogens with zero attached hydrogens (tertiary/aromatic N) is 1. The molecule has 1 atom stereocenters. The molecule has 1 N–H and O–H groups in total. The Bertz CT molecular complexity index is 268. The van der Waals surface area contributed by atoms with Crippen molar-refractivity contribution in [3.63, 3.8) is 0 Å². The van der Waals surface area contributed by atoms with Crippen molar-refractivity contribution in [1.29, 1.82) is 0 Å². The fraction of sp³-hybridized carbons (Fsp3) is 1.00. The largest absolute Gasteiger partial charge is 0.378 e. The molecule has 1 spiro atoms. The van der Waals surface area contributed by atoms with E-state index in [1.54, 1.807) is 0 Å². The Balaban J connectivity index is 1.40. The molecular formula is C15H28N2O. The van der Waals surface area contributed by atoms with Crippen LogP contribution in [0.4, 0.5) is 0 Å². The van der Waals surface area contributed by atoms with Gasteiger partial charge in [0.25, 0.3) is 0 Å². The van der Waals surface area contributed by atoms with Crippen LogP contribution in [0.3, 0.4) is 0 Å². The van der Waals surface area contributed by atoms with Gasteiger partial charge in [0, 0.05) is 26.2 Å². The summed E-state index contributed by atoms with van der Waals surface area (Å²) in [6.07, 6.45) is 7.38. The van der Waals surface area contributed by atoms with Crippen molar-refractivity contribution in [3.8, 4) is 0 Å². The van der Waals surface area contributed by atoms with Crippen LogP contribution in [0.15, 0.2) is 0 Å². The van der Waals surface area contributed by atoms with Gasteiger partial charge in [-0.2, -0.15) is 0 Å². The Morgan fingerprint density at radius 3 is 2.61 bits per heavy atom. The first-order chi connectivity index (χ1) is 8.82. The van der Waals surface area contributed by atoms with E-state index in [1.165, 1.54) is 64.8 Å². The highest BCUT2D eigenvalue weighted by Gasteiger charge is 2.53. The molecule has 2 saturated heterocycles. The van der Waals surface area contributed by atoms with Gasteiger partial charge >= 0.3 is 0 Å². The number of nitrogens with one attached hydrogen (secondary N) is 1. The lowest BCUT2D eigenvalue weighted by Crippen LogP contribution is -2.39. The molecule has 3 fully saturated rings. The monoisotopic (exact) mass is 252 g/mol. The molecule has 2 heterocycles. The van der Waals surface area contributed by atoms with E-state index in [0.717, 1.165) is 17.9 Å². The predicted molar refractivity (Wildman–Crippen MR) is 73.7 cm³/mol. The van der Waals surface area contributed by atoms with Gasteiger partial charge in [0.05, 0.1) is 6.10 Å². The molecule has 104 valence electrons. The molecule has 0 radical (unpaired) electrons. The highest BCUT2D eigenvalue weighted by atomic mass is 16.5. The maximum atomic E-state index is 5.73. The number of likely N-dealkylation sites (tertiary alicyclic amines) is 1. The first-order valence-corrected chi connectivity index (χ1v) is 7.87. The fourth-order valence-corrected chi connectivity index (χ4v) is 4.03. The number of ether oxygens (including phenoxy) is 1. The lowest BCUT2D eigenvalue weighted by molar-refractivity contribution is 0.0123. The fourth-order valence-electron chi connectivity index (χ4n) is 4.03. The van der Waals surface area contributed by atoms with Gasteiger partial charge in [-0.05, 0) is 63.5 Å². The molecule has 0 aromatic carbocycles. The van der Waals surface area contributed by atoms with Crippen molar-refractivity contribution in [2.45, 2.75) is 45.1 Å². The minimum Gasteiger partial charge on any atom is -0.378 e. The van der Waals surface area contributed by atoms with Crippen molar-refractivity contribution < 1.29 is 4.74 Å². The molecule has 3 aliphatic rings. The maximum Gasteiger partial charge on any atom is 0.0599 e. The Hall–Kier alpha value is -0.120. The van der Waals surface area contributed by atoms with E-state index >= 15 is 0 Å².